The number of thiophene rings is 1. The summed E-state index contributed by atoms with van der Waals surface area (Å²) in [5.74, 6) is -0.00301. The molecular formula is C17H13N3OS. The first-order valence-electron chi connectivity index (χ1n) is 6.96. The molecule has 2 aromatic heterocycles. The van der Waals surface area contributed by atoms with Gasteiger partial charge in [0.1, 0.15) is 6.17 Å². The molecule has 1 N–H and O–H groups in total. The SMILES string of the molecule is O=C1c2ccccc2N[C@H](c2ccsc2)N1c1ccncc1. The van der Waals surface area contributed by atoms with Crippen molar-refractivity contribution in [2.75, 3.05) is 10.2 Å². The van der Waals surface area contributed by atoms with Crippen LogP contribution in [-0.2, 0) is 0 Å². The summed E-state index contributed by atoms with van der Waals surface area (Å²) in [5.41, 5.74) is 3.46. The van der Waals surface area contributed by atoms with Crippen molar-refractivity contribution >= 4 is 28.6 Å². The van der Waals surface area contributed by atoms with Crippen LogP contribution < -0.4 is 10.2 Å². The van der Waals surface area contributed by atoms with Crippen molar-refractivity contribution in [2.45, 2.75) is 6.17 Å². The Morgan fingerprint density at radius 3 is 2.68 bits per heavy atom. The lowest BCUT2D eigenvalue weighted by Gasteiger charge is -2.37. The highest BCUT2D eigenvalue weighted by Crippen LogP contribution is 2.36. The van der Waals surface area contributed by atoms with Gasteiger partial charge in [-0.1, -0.05) is 12.1 Å². The molecule has 0 radical (unpaired) electrons. The molecule has 4 rings (SSSR count). The summed E-state index contributed by atoms with van der Waals surface area (Å²) >= 11 is 1.62. The summed E-state index contributed by atoms with van der Waals surface area (Å²) in [5, 5.41) is 7.55. The predicted octanol–water partition coefficient (Wildman–Crippen LogP) is 3.91. The van der Waals surface area contributed by atoms with Gasteiger partial charge in [0.25, 0.3) is 5.91 Å². The topological polar surface area (TPSA) is 45.2 Å². The molecule has 0 saturated heterocycles. The van der Waals surface area contributed by atoms with Crippen LogP contribution in [-0.4, -0.2) is 10.9 Å². The molecule has 1 aliphatic heterocycles. The Balaban J connectivity index is 1.87. The number of carbonyl (C=O) groups excluding carboxylic acids is 1. The Kier molecular flexibility index (Phi) is 3.12. The van der Waals surface area contributed by atoms with Crippen molar-refractivity contribution in [1.29, 1.82) is 0 Å². The number of hydrogen-bond donors (Lipinski definition) is 1. The molecule has 0 unspecified atom stereocenters. The van der Waals surface area contributed by atoms with E-state index in [2.05, 4.69) is 15.7 Å². The molecule has 5 heteroatoms. The molecule has 1 aliphatic rings. The van der Waals surface area contributed by atoms with Crippen molar-refractivity contribution in [3.05, 3.63) is 76.7 Å². The molecule has 0 spiro atoms. The summed E-state index contributed by atoms with van der Waals surface area (Å²) in [4.78, 5) is 18.8. The first kappa shape index (κ1) is 13.0. The molecule has 1 aromatic carbocycles. The number of rotatable bonds is 2. The lowest BCUT2D eigenvalue weighted by atomic mass is 10.0. The number of nitrogens with one attached hydrogen (secondary N) is 1. The first-order valence-corrected chi connectivity index (χ1v) is 7.90. The van der Waals surface area contributed by atoms with Crippen LogP contribution in [0, 0.1) is 0 Å². The fourth-order valence-electron chi connectivity index (χ4n) is 2.69. The van der Waals surface area contributed by atoms with Gasteiger partial charge in [0.2, 0.25) is 0 Å². The summed E-state index contributed by atoms with van der Waals surface area (Å²) in [7, 11) is 0. The average Bonchev–Trinajstić information content (AvgIpc) is 3.10. The fraction of sp³-hybridized carbons (Fsp3) is 0.0588. The number of amides is 1. The smallest absolute Gasteiger partial charge is 0.262 e. The molecule has 4 nitrogen and oxygen atoms in total. The molecule has 3 heterocycles. The second-order valence-electron chi connectivity index (χ2n) is 5.03. The van der Waals surface area contributed by atoms with Gasteiger partial charge in [-0.25, -0.2) is 0 Å². The van der Waals surface area contributed by atoms with Gasteiger partial charge in [0, 0.05) is 29.3 Å². The number of para-hydroxylation sites is 1. The van der Waals surface area contributed by atoms with Gasteiger partial charge < -0.3 is 5.32 Å². The zero-order valence-corrected chi connectivity index (χ0v) is 12.5. The second kappa shape index (κ2) is 5.27. The number of carbonyl (C=O) groups is 1. The maximum atomic E-state index is 13.0. The van der Waals surface area contributed by atoms with Gasteiger partial charge in [-0.3, -0.25) is 14.7 Å². The van der Waals surface area contributed by atoms with E-state index in [0.717, 1.165) is 16.9 Å². The van der Waals surface area contributed by atoms with Gasteiger partial charge in [-0.15, -0.1) is 0 Å². The summed E-state index contributed by atoms with van der Waals surface area (Å²) in [6.45, 7) is 0. The Hall–Kier alpha value is -2.66. The van der Waals surface area contributed by atoms with E-state index in [-0.39, 0.29) is 12.1 Å². The third-order valence-electron chi connectivity index (χ3n) is 3.73. The lowest BCUT2D eigenvalue weighted by Crippen LogP contribution is -2.43. The zero-order valence-electron chi connectivity index (χ0n) is 11.6. The molecule has 0 fully saturated rings. The van der Waals surface area contributed by atoms with E-state index in [1.54, 1.807) is 28.6 Å². The molecular weight excluding hydrogens is 294 g/mol. The number of nitrogens with zero attached hydrogens (tertiary/aromatic N) is 2. The molecule has 22 heavy (non-hydrogen) atoms. The van der Waals surface area contributed by atoms with Crippen molar-refractivity contribution in [1.82, 2.24) is 4.98 Å². The van der Waals surface area contributed by atoms with Crippen LogP contribution in [0.1, 0.15) is 22.1 Å². The quantitative estimate of drug-likeness (QED) is 0.780. The Labute approximate surface area is 132 Å². The molecule has 3 aromatic rings. The Morgan fingerprint density at radius 2 is 1.91 bits per heavy atom. The van der Waals surface area contributed by atoms with Gasteiger partial charge >= 0.3 is 0 Å². The summed E-state index contributed by atoms with van der Waals surface area (Å²) < 4.78 is 0. The normalized spacial score (nSPS) is 17.0. The van der Waals surface area contributed by atoms with Gasteiger partial charge in [-0.2, -0.15) is 11.3 Å². The van der Waals surface area contributed by atoms with Crippen LogP contribution in [0.2, 0.25) is 0 Å². The van der Waals surface area contributed by atoms with Crippen LogP contribution >= 0.6 is 11.3 Å². The van der Waals surface area contributed by atoms with Crippen molar-refractivity contribution < 1.29 is 4.79 Å². The highest BCUT2D eigenvalue weighted by molar-refractivity contribution is 7.08. The maximum absolute atomic E-state index is 13.0. The van der Waals surface area contributed by atoms with Crippen LogP contribution in [0.25, 0.3) is 0 Å². The van der Waals surface area contributed by atoms with Crippen LogP contribution in [0.3, 0.4) is 0 Å². The Bertz CT molecular complexity index is 802. The lowest BCUT2D eigenvalue weighted by molar-refractivity contribution is 0.0975. The first-order chi connectivity index (χ1) is 10.8. The number of benzene rings is 1. The van der Waals surface area contributed by atoms with Crippen LogP contribution in [0.15, 0.2) is 65.6 Å². The van der Waals surface area contributed by atoms with Crippen molar-refractivity contribution in [2.24, 2.45) is 0 Å². The third-order valence-corrected chi connectivity index (χ3v) is 4.43. The minimum Gasteiger partial charge on any atom is -0.360 e. The minimum absolute atomic E-state index is 0.00301. The van der Waals surface area contributed by atoms with Crippen LogP contribution in [0.5, 0.6) is 0 Å². The number of anilines is 2. The van der Waals surface area contributed by atoms with Gasteiger partial charge in [0.15, 0.2) is 0 Å². The monoisotopic (exact) mass is 307 g/mol. The summed E-state index contributed by atoms with van der Waals surface area (Å²) in [6, 6.07) is 13.4. The maximum Gasteiger partial charge on any atom is 0.262 e. The molecule has 1 atom stereocenters. The van der Waals surface area contributed by atoms with E-state index in [0.29, 0.717) is 5.56 Å². The second-order valence-corrected chi connectivity index (χ2v) is 5.81. The van der Waals surface area contributed by atoms with Gasteiger partial charge in [-0.05, 0) is 41.1 Å². The Morgan fingerprint density at radius 1 is 1.09 bits per heavy atom. The average molecular weight is 307 g/mol. The molecule has 0 bridgehead atoms. The largest absolute Gasteiger partial charge is 0.360 e. The zero-order chi connectivity index (χ0) is 14.9. The molecule has 108 valence electrons. The van der Waals surface area contributed by atoms with Crippen molar-refractivity contribution in [3.8, 4) is 0 Å². The molecule has 1 amide bonds. The standard InChI is InChI=1S/C17H13N3OS/c21-17-14-3-1-2-4-15(14)19-16(12-7-10-22-11-12)20(17)13-5-8-18-9-6-13/h1-11,16,19H/t16-/m0/s1. The number of aromatic nitrogens is 1. The highest BCUT2D eigenvalue weighted by Gasteiger charge is 2.33. The summed E-state index contributed by atoms with van der Waals surface area (Å²) in [6.07, 6.45) is 3.19. The number of fused-ring (bicyclic) bond motifs is 1. The minimum atomic E-state index is -0.212. The van der Waals surface area contributed by atoms with E-state index < -0.39 is 0 Å². The number of pyridine rings is 1. The van der Waals surface area contributed by atoms with E-state index in [9.17, 15) is 4.79 Å². The predicted molar refractivity (Wildman–Crippen MR) is 88.2 cm³/mol. The van der Waals surface area contributed by atoms with E-state index >= 15 is 0 Å². The van der Waals surface area contributed by atoms with Crippen molar-refractivity contribution in [3.63, 3.8) is 0 Å². The third kappa shape index (κ3) is 2.07. The highest BCUT2D eigenvalue weighted by atomic mass is 32.1. The molecule has 0 saturated carbocycles. The number of hydrogen-bond acceptors (Lipinski definition) is 4. The van der Waals surface area contributed by atoms with E-state index in [1.165, 1.54) is 0 Å². The van der Waals surface area contributed by atoms with E-state index in [4.69, 9.17) is 0 Å². The van der Waals surface area contributed by atoms with E-state index in [1.807, 2.05) is 47.8 Å². The molecule has 0 aliphatic carbocycles. The fourth-order valence-corrected chi connectivity index (χ4v) is 3.37. The van der Waals surface area contributed by atoms with Crippen LogP contribution in [0.4, 0.5) is 11.4 Å². The van der Waals surface area contributed by atoms with Gasteiger partial charge in [0.05, 0.1) is 5.56 Å².